The number of aromatic hydroxyl groups is 1. The van der Waals surface area contributed by atoms with Gasteiger partial charge in [0.15, 0.2) is 11.4 Å². The lowest BCUT2D eigenvalue weighted by Gasteiger charge is -2.46. The molecule has 0 saturated heterocycles. The van der Waals surface area contributed by atoms with E-state index in [1.165, 1.54) is 12.1 Å². The van der Waals surface area contributed by atoms with E-state index in [-0.39, 0.29) is 36.1 Å². The molecule has 0 aromatic heterocycles. The molecule has 0 bridgehead atoms. The van der Waals surface area contributed by atoms with Gasteiger partial charge < -0.3 is 31.3 Å². The van der Waals surface area contributed by atoms with Crippen molar-refractivity contribution in [2.75, 3.05) is 6.61 Å². The number of ketones is 2. The molecule has 1 aromatic rings. The minimum absolute atomic E-state index is 0.0307. The maximum Gasteiger partial charge on any atom is 0.255 e. The van der Waals surface area contributed by atoms with Gasteiger partial charge in [0.25, 0.3) is 5.91 Å². The van der Waals surface area contributed by atoms with Gasteiger partial charge in [0.1, 0.15) is 29.4 Å². The Morgan fingerprint density at radius 2 is 1.90 bits per heavy atom. The van der Waals surface area contributed by atoms with Gasteiger partial charge >= 0.3 is 0 Å². The summed E-state index contributed by atoms with van der Waals surface area (Å²) in [6, 6.07) is 2.80. The van der Waals surface area contributed by atoms with Crippen LogP contribution in [0.2, 0.25) is 0 Å². The number of primary amides is 1. The molecular weight excluding hydrogens is 406 g/mol. The van der Waals surface area contributed by atoms with Crippen LogP contribution in [-0.2, 0) is 20.8 Å². The monoisotopic (exact) mass is 425 g/mol. The Morgan fingerprint density at radius 1 is 1.19 bits per heavy atom. The minimum Gasteiger partial charge on any atom is -0.508 e. The highest BCUT2D eigenvalue weighted by Gasteiger charge is 2.60. The van der Waals surface area contributed by atoms with Crippen LogP contribution in [0.3, 0.4) is 0 Å². The van der Waals surface area contributed by atoms with Gasteiger partial charge in [-0.25, -0.2) is 0 Å². The number of amides is 1. The number of aliphatic hydroxyl groups is 4. The Hall–Kier alpha value is -3.61. The molecule has 31 heavy (non-hydrogen) atoms. The molecule has 7 N–H and O–H groups in total. The molecule has 3 atom stereocenters. The first kappa shape index (κ1) is 20.7. The number of carbonyl (C=O) groups is 3. The summed E-state index contributed by atoms with van der Waals surface area (Å²) in [5.74, 6) is -1.49. The highest BCUT2D eigenvalue weighted by atomic mass is 16.3. The number of nitrogens with two attached hydrogens (primary N) is 1. The predicted molar refractivity (Wildman–Crippen MR) is 105 cm³/mol. The average molecular weight is 425 g/mol. The molecule has 0 heterocycles. The van der Waals surface area contributed by atoms with E-state index in [4.69, 9.17) is 10.8 Å². The highest BCUT2D eigenvalue weighted by Crippen LogP contribution is 2.52. The number of Topliss-reactive ketones (excluding diaryl/α,β-unsaturated/α-hetero) is 2. The summed E-state index contributed by atoms with van der Waals surface area (Å²) in [5, 5.41) is 51.8. The van der Waals surface area contributed by atoms with Gasteiger partial charge in [-0.05, 0) is 36.5 Å². The standard InChI is InChI=1S/C22H19NO8/c23-21(30)17-14(26)8-11-6-10-7-12-9(2-1-5-24)3-4-13(25)16(12)18(27)15(10)19(28)22(11,31)20(17)29/h3-4,10-11,24-25,27,29,31H,5-8H2,(H2,23,30). The van der Waals surface area contributed by atoms with Crippen LogP contribution in [0.15, 0.2) is 29.0 Å². The second-order valence-corrected chi connectivity index (χ2v) is 7.85. The molecule has 3 unspecified atom stereocenters. The second-order valence-electron chi connectivity index (χ2n) is 7.85. The summed E-state index contributed by atoms with van der Waals surface area (Å²) in [7, 11) is 0. The number of rotatable bonds is 1. The predicted octanol–water partition coefficient (Wildman–Crippen LogP) is -0.232. The van der Waals surface area contributed by atoms with E-state index in [0.717, 1.165) is 0 Å². The summed E-state index contributed by atoms with van der Waals surface area (Å²) < 4.78 is 0. The Labute approximate surface area is 176 Å². The van der Waals surface area contributed by atoms with E-state index >= 15 is 0 Å². The number of hydrogen-bond acceptors (Lipinski definition) is 8. The molecule has 3 aliphatic rings. The van der Waals surface area contributed by atoms with Crippen molar-refractivity contribution in [3.05, 3.63) is 45.7 Å². The highest BCUT2D eigenvalue weighted by molar-refractivity contribution is 6.22. The molecule has 0 spiro atoms. The molecule has 9 heteroatoms. The summed E-state index contributed by atoms with van der Waals surface area (Å²) in [5.41, 5.74) is 2.40. The Morgan fingerprint density at radius 3 is 2.55 bits per heavy atom. The molecular formula is C22H19NO8. The van der Waals surface area contributed by atoms with Gasteiger partial charge in [0.2, 0.25) is 5.78 Å². The molecule has 160 valence electrons. The van der Waals surface area contributed by atoms with Gasteiger partial charge in [0, 0.05) is 23.5 Å². The second kappa shape index (κ2) is 6.97. The topological polar surface area (TPSA) is 178 Å². The number of aliphatic hydroxyl groups excluding tert-OH is 3. The number of phenolic OH excluding ortho intramolecular Hbond substituents is 1. The number of benzene rings is 1. The van der Waals surface area contributed by atoms with Crippen molar-refractivity contribution in [1.82, 2.24) is 0 Å². The van der Waals surface area contributed by atoms with Crippen LogP contribution in [0.4, 0.5) is 0 Å². The summed E-state index contributed by atoms with van der Waals surface area (Å²) in [6.45, 7) is -0.393. The van der Waals surface area contributed by atoms with Crippen molar-refractivity contribution < 1.29 is 39.9 Å². The first-order chi connectivity index (χ1) is 14.6. The normalized spacial score (nSPS) is 27.2. The van der Waals surface area contributed by atoms with E-state index in [1.54, 1.807) is 0 Å². The Bertz CT molecular complexity index is 1180. The van der Waals surface area contributed by atoms with Crippen LogP contribution in [0.5, 0.6) is 5.75 Å². The van der Waals surface area contributed by atoms with Crippen LogP contribution in [-0.4, -0.2) is 55.2 Å². The molecule has 1 fully saturated rings. The van der Waals surface area contributed by atoms with Gasteiger partial charge in [-0.2, -0.15) is 0 Å². The molecule has 0 radical (unpaired) electrons. The molecule has 4 rings (SSSR count). The van der Waals surface area contributed by atoms with Crippen molar-refractivity contribution in [1.29, 1.82) is 0 Å². The SMILES string of the molecule is NC(=O)C1=C(O)C2(O)C(=O)C3=C(O)c4c(O)ccc(C#CCO)c4CC3CC2CC1=O. The van der Waals surface area contributed by atoms with Crippen LogP contribution < -0.4 is 5.73 Å². The van der Waals surface area contributed by atoms with E-state index < -0.39 is 58.6 Å². The van der Waals surface area contributed by atoms with Gasteiger partial charge in [0.05, 0.1) is 5.56 Å². The molecule has 3 aliphatic carbocycles. The molecule has 1 amide bonds. The van der Waals surface area contributed by atoms with Crippen LogP contribution >= 0.6 is 0 Å². The van der Waals surface area contributed by atoms with Crippen molar-refractivity contribution >= 4 is 23.2 Å². The number of phenols is 1. The van der Waals surface area contributed by atoms with Gasteiger partial charge in [-0.1, -0.05) is 11.8 Å². The van der Waals surface area contributed by atoms with Crippen LogP contribution in [0, 0.1) is 23.7 Å². The van der Waals surface area contributed by atoms with Crippen LogP contribution in [0.1, 0.15) is 29.5 Å². The summed E-state index contributed by atoms with van der Waals surface area (Å²) in [6.07, 6.45) is -0.164. The largest absolute Gasteiger partial charge is 0.508 e. The number of fused-ring (bicyclic) bond motifs is 3. The lowest BCUT2D eigenvalue weighted by molar-refractivity contribution is -0.147. The maximum atomic E-state index is 13.3. The lowest BCUT2D eigenvalue weighted by atomic mass is 9.59. The van der Waals surface area contributed by atoms with E-state index in [1.807, 2.05) is 0 Å². The zero-order valence-corrected chi connectivity index (χ0v) is 16.2. The van der Waals surface area contributed by atoms with E-state index in [0.29, 0.717) is 11.1 Å². The third kappa shape index (κ3) is 2.76. The third-order valence-corrected chi connectivity index (χ3v) is 6.25. The van der Waals surface area contributed by atoms with Gasteiger partial charge in [-0.3, -0.25) is 14.4 Å². The first-order valence-electron chi connectivity index (χ1n) is 9.54. The zero-order valence-electron chi connectivity index (χ0n) is 16.2. The first-order valence-corrected chi connectivity index (χ1v) is 9.54. The van der Waals surface area contributed by atoms with E-state index in [2.05, 4.69) is 11.8 Å². The maximum absolute atomic E-state index is 13.3. The molecule has 1 saturated carbocycles. The van der Waals surface area contributed by atoms with E-state index in [9.17, 15) is 34.8 Å². The summed E-state index contributed by atoms with van der Waals surface area (Å²) in [4.78, 5) is 37.2. The smallest absolute Gasteiger partial charge is 0.255 e. The van der Waals surface area contributed by atoms with Crippen molar-refractivity contribution in [2.24, 2.45) is 17.6 Å². The number of carbonyl (C=O) groups excluding carboxylic acids is 3. The van der Waals surface area contributed by atoms with Crippen molar-refractivity contribution in [3.63, 3.8) is 0 Å². The lowest BCUT2D eigenvalue weighted by Crippen LogP contribution is -2.58. The molecule has 9 nitrogen and oxygen atoms in total. The average Bonchev–Trinajstić information content (AvgIpc) is 2.70. The van der Waals surface area contributed by atoms with Crippen molar-refractivity contribution in [3.8, 4) is 17.6 Å². The zero-order chi connectivity index (χ0) is 22.7. The molecule has 0 aliphatic heterocycles. The fourth-order valence-electron chi connectivity index (χ4n) is 4.87. The fraction of sp³-hybridized carbons (Fsp3) is 0.318. The number of hydrogen-bond donors (Lipinski definition) is 6. The van der Waals surface area contributed by atoms with Gasteiger partial charge in [-0.15, -0.1) is 0 Å². The third-order valence-electron chi connectivity index (χ3n) is 6.25. The Balaban J connectivity index is 1.93. The Kier molecular flexibility index (Phi) is 4.65. The van der Waals surface area contributed by atoms with Crippen molar-refractivity contribution in [2.45, 2.75) is 24.9 Å². The quantitative estimate of drug-likeness (QED) is 0.264. The molecule has 1 aromatic carbocycles. The fourth-order valence-corrected chi connectivity index (χ4v) is 4.87. The van der Waals surface area contributed by atoms with Crippen LogP contribution in [0.25, 0.3) is 5.76 Å². The summed E-state index contributed by atoms with van der Waals surface area (Å²) >= 11 is 0. The minimum atomic E-state index is -2.58.